The number of carbonyl (C=O) groups is 5. The first-order valence-electron chi connectivity index (χ1n) is 10.6. The zero-order chi connectivity index (χ0) is 26.7. The third-order valence-electron chi connectivity index (χ3n) is 5.17. The molecule has 1 aliphatic heterocycles. The van der Waals surface area contributed by atoms with E-state index in [2.05, 4.69) is 5.32 Å². The van der Waals surface area contributed by atoms with Crippen LogP contribution in [-0.2, 0) is 9.59 Å². The van der Waals surface area contributed by atoms with Gasteiger partial charge in [0.25, 0.3) is 11.1 Å². The van der Waals surface area contributed by atoms with Gasteiger partial charge in [0.2, 0.25) is 5.91 Å². The molecule has 37 heavy (non-hydrogen) atoms. The zero-order valence-electron chi connectivity index (χ0n) is 19.1. The fourth-order valence-corrected chi connectivity index (χ4v) is 4.27. The molecular formula is C25H18N2O9S. The summed E-state index contributed by atoms with van der Waals surface area (Å²) in [5, 5.41) is 20.5. The first-order chi connectivity index (χ1) is 17.7. The number of para-hydroxylation sites is 2. The second-order valence-corrected chi connectivity index (χ2v) is 8.62. The zero-order valence-corrected chi connectivity index (χ0v) is 19.9. The van der Waals surface area contributed by atoms with E-state index in [4.69, 9.17) is 9.15 Å². The van der Waals surface area contributed by atoms with Crippen molar-refractivity contribution in [2.45, 2.75) is 0 Å². The van der Waals surface area contributed by atoms with Crippen molar-refractivity contribution in [2.75, 3.05) is 19.0 Å². The summed E-state index contributed by atoms with van der Waals surface area (Å²) in [4.78, 5) is 61.2. The average Bonchev–Trinajstić information content (AvgIpc) is 3.44. The Morgan fingerprint density at radius 2 is 1.70 bits per heavy atom. The maximum atomic E-state index is 12.8. The average molecular weight is 522 g/mol. The fourth-order valence-electron chi connectivity index (χ4n) is 3.45. The molecule has 3 amide bonds. The van der Waals surface area contributed by atoms with Gasteiger partial charge in [-0.2, -0.15) is 0 Å². The molecule has 2 aromatic carbocycles. The van der Waals surface area contributed by atoms with Crippen LogP contribution in [0.3, 0.4) is 0 Å². The molecule has 1 aliphatic rings. The minimum atomic E-state index is -1.31. The predicted molar refractivity (Wildman–Crippen MR) is 132 cm³/mol. The number of carboxylic acid groups (broad SMARTS) is 2. The van der Waals surface area contributed by atoms with Crippen LogP contribution in [0.5, 0.6) is 5.75 Å². The first-order valence-corrected chi connectivity index (χ1v) is 11.4. The Bertz CT molecular complexity index is 1440. The van der Waals surface area contributed by atoms with Gasteiger partial charge in [0.15, 0.2) is 0 Å². The van der Waals surface area contributed by atoms with Crippen molar-refractivity contribution in [1.29, 1.82) is 0 Å². The van der Waals surface area contributed by atoms with Crippen LogP contribution >= 0.6 is 11.8 Å². The van der Waals surface area contributed by atoms with Gasteiger partial charge < -0.3 is 24.7 Å². The van der Waals surface area contributed by atoms with E-state index in [1.54, 1.807) is 24.3 Å². The molecule has 4 rings (SSSR count). The summed E-state index contributed by atoms with van der Waals surface area (Å²) >= 11 is 0.629. The van der Waals surface area contributed by atoms with Crippen molar-refractivity contribution >= 4 is 52.5 Å². The van der Waals surface area contributed by atoms with E-state index < -0.39 is 35.5 Å². The molecule has 12 heteroatoms. The number of ether oxygens (including phenoxy) is 1. The topological polar surface area (TPSA) is 163 Å². The van der Waals surface area contributed by atoms with Gasteiger partial charge in [-0.3, -0.25) is 19.3 Å². The van der Waals surface area contributed by atoms with Crippen LogP contribution in [0.1, 0.15) is 26.5 Å². The van der Waals surface area contributed by atoms with Gasteiger partial charge >= 0.3 is 11.9 Å². The van der Waals surface area contributed by atoms with Crippen molar-refractivity contribution < 1.29 is 43.3 Å². The highest BCUT2D eigenvalue weighted by Gasteiger charge is 2.36. The Hall–Kier alpha value is -4.84. The normalized spacial score (nSPS) is 14.2. The highest BCUT2D eigenvalue weighted by Crippen LogP contribution is 2.34. The number of carboxylic acids is 2. The minimum absolute atomic E-state index is 0.0153. The van der Waals surface area contributed by atoms with Crippen LogP contribution in [0.15, 0.2) is 63.9 Å². The number of hydrogen-bond acceptors (Lipinski definition) is 8. The first kappa shape index (κ1) is 25.3. The van der Waals surface area contributed by atoms with Crippen LogP contribution in [0.25, 0.3) is 17.4 Å². The maximum Gasteiger partial charge on any atom is 0.335 e. The van der Waals surface area contributed by atoms with Gasteiger partial charge in [-0.05, 0) is 54.2 Å². The molecule has 11 nitrogen and oxygen atoms in total. The van der Waals surface area contributed by atoms with Crippen molar-refractivity contribution in [1.82, 2.24) is 4.90 Å². The third kappa shape index (κ3) is 5.54. The Balaban J connectivity index is 1.51. The molecule has 0 spiro atoms. The van der Waals surface area contributed by atoms with Crippen LogP contribution in [-0.4, -0.2) is 57.8 Å². The number of rotatable bonds is 8. The number of benzene rings is 2. The monoisotopic (exact) mass is 522 g/mol. The van der Waals surface area contributed by atoms with Crippen LogP contribution < -0.4 is 10.1 Å². The lowest BCUT2D eigenvalue weighted by Gasteiger charge is -2.14. The molecule has 0 aliphatic carbocycles. The number of thioether (sulfide) groups is 1. The van der Waals surface area contributed by atoms with E-state index in [0.717, 1.165) is 11.0 Å². The van der Waals surface area contributed by atoms with Gasteiger partial charge in [0.1, 0.15) is 23.8 Å². The molecular weight excluding hydrogens is 504 g/mol. The molecule has 0 bridgehead atoms. The summed E-state index contributed by atoms with van der Waals surface area (Å²) in [6.07, 6.45) is 1.31. The Labute approximate surface area is 213 Å². The molecule has 188 valence electrons. The van der Waals surface area contributed by atoms with Gasteiger partial charge in [0, 0.05) is 11.6 Å². The minimum Gasteiger partial charge on any atom is -0.495 e. The van der Waals surface area contributed by atoms with E-state index in [-0.39, 0.29) is 33.1 Å². The summed E-state index contributed by atoms with van der Waals surface area (Å²) in [6.45, 7) is -0.511. The van der Waals surface area contributed by atoms with Crippen molar-refractivity contribution in [2.24, 2.45) is 0 Å². The molecule has 3 aromatic rings. The van der Waals surface area contributed by atoms with Crippen molar-refractivity contribution in [3.05, 3.63) is 76.4 Å². The number of nitrogens with zero attached hydrogens (tertiary/aromatic N) is 1. The van der Waals surface area contributed by atoms with E-state index in [1.165, 1.54) is 37.5 Å². The summed E-state index contributed by atoms with van der Waals surface area (Å²) < 4.78 is 10.8. The number of aromatic carboxylic acids is 2. The standard InChI is InChI=1S/C25H18N2O9S/c1-35-19-5-3-2-4-17(19)26-21(28)12-27-22(29)20(37-25(27)34)11-16-6-7-18(36-16)13-8-14(23(30)31)10-15(9-13)24(32)33/h2-11H,12H2,1H3,(H,26,28)(H,30,31)(H,32,33)/b20-11+. The second kappa shape index (κ2) is 10.4. The van der Waals surface area contributed by atoms with Crippen LogP contribution in [0.2, 0.25) is 0 Å². The fraction of sp³-hybridized carbons (Fsp3) is 0.0800. The number of amides is 3. The highest BCUT2D eigenvalue weighted by atomic mass is 32.2. The quantitative estimate of drug-likeness (QED) is 0.368. The molecule has 1 aromatic heterocycles. The summed E-state index contributed by atoms with van der Waals surface area (Å²) in [5.74, 6) is -3.16. The molecule has 3 N–H and O–H groups in total. The molecule has 1 saturated heterocycles. The molecule has 0 unspecified atom stereocenters. The number of anilines is 1. The smallest absolute Gasteiger partial charge is 0.335 e. The van der Waals surface area contributed by atoms with Gasteiger partial charge in [-0.15, -0.1) is 0 Å². The number of methoxy groups -OCH3 is 1. The number of nitrogens with one attached hydrogen (secondary N) is 1. The Morgan fingerprint density at radius 3 is 2.35 bits per heavy atom. The lowest BCUT2D eigenvalue weighted by molar-refractivity contribution is -0.127. The maximum absolute atomic E-state index is 12.8. The molecule has 1 fully saturated rings. The van der Waals surface area contributed by atoms with Crippen LogP contribution in [0, 0.1) is 0 Å². The predicted octanol–water partition coefficient (Wildman–Crippen LogP) is 4.03. The van der Waals surface area contributed by atoms with Gasteiger partial charge in [-0.25, -0.2) is 9.59 Å². The largest absolute Gasteiger partial charge is 0.495 e. The SMILES string of the molecule is COc1ccccc1NC(=O)CN1C(=O)S/C(=C/c2ccc(-c3cc(C(=O)O)cc(C(=O)O)c3)o2)C1=O. The second-order valence-electron chi connectivity index (χ2n) is 7.63. The number of carbonyl (C=O) groups excluding carboxylic acids is 3. The number of hydrogen-bond donors (Lipinski definition) is 3. The van der Waals surface area contributed by atoms with E-state index >= 15 is 0 Å². The third-order valence-corrected chi connectivity index (χ3v) is 6.08. The van der Waals surface area contributed by atoms with Crippen molar-refractivity contribution in [3.63, 3.8) is 0 Å². The highest BCUT2D eigenvalue weighted by molar-refractivity contribution is 8.18. The Morgan fingerprint density at radius 1 is 1.03 bits per heavy atom. The van der Waals surface area contributed by atoms with Gasteiger partial charge in [0.05, 0.1) is 28.8 Å². The van der Waals surface area contributed by atoms with Crippen LogP contribution in [0.4, 0.5) is 10.5 Å². The van der Waals surface area contributed by atoms with E-state index in [0.29, 0.717) is 23.2 Å². The lowest BCUT2D eigenvalue weighted by Crippen LogP contribution is -2.36. The Kier molecular flexibility index (Phi) is 7.11. The van der Waals surface area contributed by atoms with E-state index in [1.807, 2.05) is 0 Å². The lowest BCUT2D eigenvalue weighted by atomic mass is 10.0. The molecule has 0 saturated carbocycles. The molecule has 0 radical (unpaired) electrons. The van der Waals surface area contributed by atoms with Crippen molar-refractivity contribution in [3.8, 4) is 17.1 Å². The number of furan rings is 1. The molecule has 2 heterocycles. The summed E-state index contributed by atoms with van der Waals surface area (Å²) in [5.41, 5.74) is 0.123. The summed E-state index contributed by atoms with van der Waals surface area (Å²) in [6, 6.07) is 13.2. The molecule has 0 atom stereocenters. The van der Waals surface area contributed by atoms with E-state index in [9.17, 15) is 34.2 Å². The summed E-state index contributed by atoms with van der Waals surface area (Å²) in [7, 11) is 1.44. The van der Waals surface area contributed by atoms with Gasteiger partial charge in [-0.1, -0.05) is 12.1 Å². The number of imide groups is 1.